The topological polar surface area (TPSA) is 121 Å². The van der Waals surface area contributed by atoms with Gasteiger partial charge in [0.1, 0.15) is 0 Å². The first-order valence-electron chi connectivity index (χ1n) is 9.07. The summed E-state index contributed by atoms with van der Waals surface area (Å²) in [4.78, 5) is 35.3. The number of para-hydroxylation sites is 1. The van der Waals surface area contributed by atoms with E-state index in [2.05, 4.69) is 10.9 Å². The van der Waals surface area contributed by atoms with Gasteiger partial charge in [0, 0.05) is 5.39 Å². The molecule has 3 N–H and O–H groups in total. The molecule has 28 heavy (non-hydrogen) atoms. The zero-order valence-corrected chi connectivity index (χ0v) is 15.9. The molecule has 0 aliphatic rings. The average Bonchev–Trinajstić information content (AvgIpc) is 3.15. The maximum Gasteiger partial charge on any atom is 0.305 e. The summed E-state index contributed by atoms with van der Waals surface area (Å²) in [6, 6.07) is 6.80. The molecule has 0 aliphatic heterocycles. The van der Waals surface area contributed by atoms with Crippen molar-refractivity contribution in [1.82, 2.24) is 15.9 Å². The maximum absolute atomic E-state index is 12.4. The van der Waals surface area contributed by atoms with Crippen LogP contribution in [0.4, 0.5) is 0 Å². The number of nitrogens with one attached hydrogen (secondary N) is 2. The SMILES string of the molecule is CCCCC[C@H](CN(O)C=O)C(=O)NNC(=O)c1cc2cccc(OC)c2o1. The molecule has 2 rings (SSSR count). The van der Waals surface area contributed by atoms with Gasteiger partial charge in [-0.15, -0.1) is 0 Å². The number of fused-ring (bicyclic) bond motifs is 1. The molecule has 0 saturated heterocycles. The van der Waals surface area contributed by atoms with Crippen molar-refractivity contribution in [1.29, 1.82) is 0 Å². The molecule has 0 bridgehead atoms. The van der Waals surface area contributed by atoms with Gasteiger partial charge in [0.25, 0.3) is 0 Å². The second kappa shape index (κ2) is 10.3. The number of carbonyl (C=O) groups excluding carboxylic acids is 3. The lowest BCUT2D eigenvalue weighted by atomic mass is 10.0. The molecule has 1 atom stereocenters. The summed E-state index contributed by atoms with van der Waals surface area (Å²) in [6.07, 6.45) is 3.36. The molecule has 152 valence electrons. The monoisotopic (exact) mass is 391 g/mol. The Balaban J connectivity index is 2.00. The quantitative estimate of drug-likeness (QED) is 0.247. The van der Waals surface area contributed by atoms with E-state index in [0.29, 0.717) is 28.2 Å². The minimum absolute atomic E-state index is 0.0130. The predicted molar refractivity (Wildman–Crippen MR) is 101 cm³/mol. The summed E-state index contributed by atoms with van der Waals surface area (Å²) in [5.74, 6) is -1.28. The summed E-state index contributed by atoms with van der Waals surface area (Å²) in [6.45, 7) is 1.87. The van der Waals surface area contributed by atoms with Gasteiger partial charge in [-0.25, -0.2) is 5.06 Å². The Kier molecular flexibility index (Phi) is 7.82. The highest BCUT2D eigenvalue weighted by atomic mass is 16.5. The van der Waals surface area contributed by atoms with Crippen molar-refractivity contribution in [2.75, 3.05) is 13.7 Å². The molecular weight excluding hydrogens is 366 g/mol. The number of rotatable bonds is 10. The van der Waals surface area contributed by atoms with E-state index in [1.165, 1.54) is 7.11 Å². The number of unbranched alkanes of at least 4 members (excludes halogenated alkanes) is 2. The third kappa shape index (κ3) is 5.46. The van der Waals surface area contributed by atoms with Gasteiger partial charge in [-0.3, -0.25) is 30.4 Å². The Morgan fingerprint density at radius 1 is 1.32 bits per heavy atom. The van der Waals surface area contributed by atoms with Gasteiger partial charge >= 0.3 is 5.91 Å². The van der Waals surface area contributed by atoms with Gasteiger partial charge < -0.3 is 9.15 Å². The number of benzene rings is 1. The fourth-order valence-corrected chi connectivity index (χ4v) is 2.81. The van der Waals surface area contributed by atoms with Crippen LogP contribution in [-0.4, -0.2) is 42.1 Å². The third-order valence-electron chi connectivity index (χ3n) is 4.31. The highest BCUT2D eigenvalue weighted by Crippen LogP contribution is 2.28. The van der Waals surface area contributed by atoms with E-state index in [-0.39, 0.29) is 18.7 Å². The Morgan fingerprint density at radius 3 is 2.79 bits per heavy atom. The lowest BCUT2D eigenvalue weighted by Gasteiger charge is -2.19. The van der Waals surface area contributed by atoms with E-state index in [1.54, 1.807) is 24.3 Å². The van der Waals surface area contributed by atoms with Gasteiger partial charge in [-0.2, -0.15) is 0 Å². The lowest BCUT2D eigenvalue weighted by Crippen LogP contribution is -2.46. The highest BCUT2D eigenvalue weighted by Gasteiger charge is 2.22. The van der Waals surface area contributed by atoms with Crippen LogP contribution in [0.25, 0.3) is 11.0 Å². The summed E-state index contributed by atoms with van der Waals surface area (Å²) in [7, 11) is 1.50. The van der Waals surface area contributed by atoms with E-state index in [4.69, 9.17) is 9.15 Å². The Morgan fingerprint density at radius 2 is 2.11 bits per heavy atom. The number of ether oxygens (including phenoxy) is 1. The smallest absolute Gasteiger partial charge is 0.305 e. The van der Waals surface area contributed by atoms with Crippen molar-refractivity contribution < 1.29 is 28.7 Å². The number of carbonyl (C=O) groups is 3. The van der Waals surface area contributed by atoms with Crippen LogP contribution < -0.4 is 15.6 Å². The molecule has 1 heterocycles. The number of nitrogens with zero attached hydrogens (tertiary/aromatic N) is 1. The zero-order chi connectivity index (χ0) is 20.5. The minimum Gasteiger partial charge on any atom is -0.493 e. The standard InChI is InChI=1S/C19H25N3O6/c1-3-4-5-7-14(11-22(26)12-23)18(24)20-21-19(25)16-10-13-8-6-9-15(27-2)17(13)28-16/h6,8-10,12,14,26H,3-5,7,11H2,1-2H3,(H,20,24)(H,21,25)/t14-/m1/s1. The van der Waals surface area contributed by atoms with E-state index in [0.717, 1.165) is 19.3 Å². The van der Waals surface area contributed by atoms with Crippen molar-refractivity contribution in [2.45, 2.75) is 32.6 Å². The van der Waals surface area contributed by atoms with E-state index < -0.39 is 17.7 Å². The molecule has 9 heteroatoms. The first-order valence-corrected chi connectivity index (χ1v) is 9.07. The largest absolute Gasteiger partial charge is 0.493 e. The molecule has 0 spiro atoms. The number of hydrogen-bond donors (Lipinski definition) is 3. The van der Waals surface area contributed by atoms with Gasteiger partial charge in [-0.05, 0) is 18.6 Å². The summed E-state index contributed by atoms with van der Waals surface area (Å²) in [5.41, 5.74) is 5.06. The number of hydroxylamine groups is 2. The highest BCUT2D eigenvalue weighted by molar-refractivity contribution is 5.98. The summed E-state index contributed by atoms with van der Waals surface area (Å²) >= 11 is 0. The fourth-order valence-electron chi connectivity index (χ4n) is 2.81. The van der Waals surface area contributed by atoms with Crippen LogP contribution in [0.1, 0.15) is 43.2 Å². The number of methoxy groups -OCH3 is 1. The van der Waals surface area contributed by atoms with Gasteiger partial charge in [0.05, 0.1) is 19.6 Å². The molecule has 1 aromatic carbocycles. The van der Waals surface area contributed by atoms with E-state index in [9.17, 15) is 19.6 Å². The van der Waals surface area contributed by atoms with Crippen molar-refractivity contribution in [3.05, 3.63) is 30.0 Å². The molecule has 2 aromatic rings. The number of furan rings is 1. The van der Waals surface area contributed by atoms with Crippen LogP contribution in [0.5, 0.6) is 5.75 Å². The Hall–Kier alpha value is -3.07. The molecule has 3 amide bonds. The second-order valence-corrected chi connectivity index (χ2v) is 6.35. The van der Waals surface area contributed by atoms with Crippen molar-refractivity contribution in [3.8, 4) is 5.75 Å². The van der Waals surface area contributed by atoms with Crippen LogP contribution in [0.3, 0.4) is 0 Å². The maximum atomic E-state index is 12.4. The lowest BCUT2D eigenvalue weighted by molar-refractivity contribution is -0.154. The number of hydrogen-bond acceptors (Lipinski definition) is 6. The molecule has 0 unspecified atom stereocenters. The summed E-state index contributed by atoms with van der Waals surface area (Å²) < 4.78 is 10.7. The van der Waals surface area contributed by atoms with Crippen molar-refractivity contribution in [3.63, 3.8) is 0 Å². The molecule has 1 aromatic heterocycles. The third-order valence-corrected chi connectivity index (χ3v) is 4.31. The molecule has 0 fully saturated rings. The molecular formula is C19H25N3O6. The Labute approximate surface area is 162 Å². The van der Waals surface area contributed by atoms with Crippen LogP contribution in [0.15, 0.2) is 28.7 Å². The fraction of sp³-hybridized carbons (Fsp3) is 0.421. The molecule has 9 nitrogen and oxygen atoms in total. The Bertz CT molecular complexity index is 819. The summed E-state index contributed by atoms with van der Waals surface area (Å²) in [5, 5.41) is 10.5. The minimum atomic E-state index is -0.655. The average molecular weight is 391 g/mol. The normalized spacial score (nSPS) is 11.7. The van der Waals surface area contributed by atoms with Gasteiger partial charge in [-0.1, -0.05) is 38.3 Å². The predicted octanol–water partition coefficient (Wildman–Crippen LogP) is 2.25. The van der Waals surface area contributed by atoms with Crippen molar-refractivity contribution >= 4 is 29.2 Å². The van der Waals surface area contributed by atoms with Crippen LogP contribution in [-0.2, 0) is 9.59 Å². The molecule has 0 aliphatic carbocycles. The van der Waals surface area contributed by atoms with Crippen LogP contribution in [0.2, 0.25) is 0 Å². The van der Waals surface area contributed by atoms with E-state index >= 15 is 0 Å². The van der Waals surface area contributed by atoms with Crippen LogP contribution in [0, 0.1) is 5.92 Å². The molecule has 0 radical (unpaired) electrons. The molecule has 0 saturated carbocycles. The van der Waals surface area contributed by atoms with Crippen LogP contribution >= 0.6 is 0 Å². The number of hydrazine groups is 1. The number of amides is 3. The first-order chi connectivity index (χ1) is 13.5. The zero-order valence-electron chi connectivity index (χ0n) is 15.9. The van der Waals surface area contributed by atoms with Gasteiger partial charge in [0.2, 0.25) is 12.3 Å². The second-order valence-electron chi connectivity index (χ2n) is 6.35. The first kappa shape index (κ1) is 21.2. The van der Waals surface area contributed by atoms with E-state index in [1.807, 2.05) is 6.92 Å². The van der Waals surface area contributed by atoms with Crippen molar-refractivity contribution in [2.24, 2.45) is 5.92 Å². The van der Waals surface area contributed by atoms with Gasteiger partial charge in [0.15, 0.2) is 17.1 Å².